The van der Waals surface area contributed by atoms with Crippen molar-refractivity contribution in [3.63, 3.8) is 0 Å². The predicted molar refractivity (Wildman–Crippen MR) is 206 cm³/mol. The maximum absolute atomic E-state index is 14.2. The fourth-order valence-corrected chi connectivity index (χ4v) is 7.62. The molecule has 9 heteroatoms. The number of amides is 4. The highest BCUT2D eigenvalue weighted by Crippen LogP contribution is 2.27. The van der Waals surface area contributed by atoms with Gasteiger partial charge >= 0.3 is 0 Å². The number of unbranched alkanes of at least 4 members (excludes halogenated alkanes) is 9. The van der Waals surface area contributed by atoms with E-state index in [1.807, 2.05) is 40.7 Å². The van der Waals surface area contributed by atoms with Gasteiger partial charge < -0.3 is 20.4 Å². The standard InChI is InChI=1S/C41H75N5O4/c1-11-12-13-14-15-16-17-18-19-21-26-42-37(47)33-25-23-28-46(33)39(49)32(6)29-35(30(2)3)44(10)40(50)36(41(7,8)9)43-38(48)34-24-20-22-27-45(34)31(4)5/h29-31,33-36H,11-28H2,1-10H3,(H,42,47)(H,43,48)/b32-29+/t33?,34?,35-,36?/m1/s1. The molecule has 0 radical (unpaired) electrons. The average Bonchev–Trinajstić information content (AvgIpc) is 3.57. The van der Waals surface area contributed by atoms with Crippen molar-refractivity contribution in [2.24, 2.45) is 11.3 Å². The fraction of sp³-hybridized carbons (Fsp3) is 0.854. The maximum Gasteiger partial charge on any atom is 0.249 e. The molecule has 0 aliphatic carbocycles. The van der Waals surface area contributed by atoms with Gasteiger partial charge in [-0.3, -0.25) is 24.1 Å². The second-order valence-electron chi connectivity index (χ2n) is 16.8. The highest BCUT2D eigenvalue weighted by Gasteiger charge is 2.40. The Kier molecular flexibility index (Phi) is 19.1. The molecule has 2 saturated heterocycles. The first-order valence-electron chi connectivity index (χ1n) is 20.2. The van der Waals surface area contributed by atoms with Crippen LogP contribution in [-0.2, 0) is 19.2 Å². The minimum atomic E-state index is -0.719. The van der Waals surface area contributed by atoms with Crippen LogP contribution in [0.5, 0.6) is 0 Å². The molecule has 4 atom stereocenters. The molecule has 0 saturated carbocycles. The van der Waals surface area contributed by atoms with Crippen LogP contribution in [0.4, 0.5) is 0 Å². The quantitative estimate of drug-likeness (QED) is 0.103. The Morgan fingerprint density at radius 2 is 1.38 bits per heavy atom. The average molecular weight is 702 g/mol. The largest absolute Gasteiger partial charge is 0.354 e. The van der Waals surface area contributed by atoms with Crippen molar-refractivity contribution in [2.45, 2.75) is 189 Å². The van der Waals surface area contributed by atoms with E-state index in [4.69, 9.17) is 0 Å². The van der Waals surface area contributed by atoms with Crippen molar-refractivity contribution >= 4 is 23.6 Å². The molecule has 0 aromatic carbocycles. The maximum atomic E-state index is 14.2. The van der Waals surface area contributed by atoms with Crippen molar-refractivity contribution < 1.29 is 19.2 Å². The second kappa shape index (κ2) is 21.8. The minimum Gasteiger partial charge on any atom is -0.354 e. The van der Waals surface area contributed by atoms with E-state index in [2.05, 4.69) is 36.3 Å². The Balaban J connectivity index is 2.01. The van der Waals surface area contributed by atoms with Gasteiger partial charge in [-0.1, -0.05) is 112 Å². The van der Waals surface area contributed by atoms with Crippen molar-refractivity contribution in [3.05, 3.63) is 11.6 Å². The normalized spacial score (nSPS) is 20.2. The Morgan fingerprint density at radius 1 is 0.800 bits per heavy atom. The van der Waals surface area contributed by atoms with Gasteiger partial charge in [-0.25, -0.2) is 0 Å². The van der Waals surface area contributed by atoms with Crippen molar-refractivity contribution in [1.29, 1.82) is 0 Å². The van der Waals surface area contributed by atoms with Gasteiger partial charge in [0.05, 0.1) is 12.1 Å². The van der Waals surface area contributed by atoms with Crippen LogP contribution in [0.25, 0.3) is 0 Å². The number of piperidine rings is 1. The van der Waals surface area contributed by atoms with Crippen molar-refractivity contribution in [1.82, 2.24) is 25.3 Å². The number of nitrogens with zero attached hydrogens (tertiary/aromatic N) is 3. The topological polar surface area (TPSA) is 102 Å². The first-order valence-corrected chi connectivity index (χ1v) is 20.2. The molecule has 9 nitrogen and oxygen atoms in total. The molecular weight excluding hydrogens is 626 g/mol. The third-order valence-electron chi connectivity index (χ3n) is 10.8. The molecule has 50 heavy (non-hydrogen) atoms. The third kappa shape index (κ3) is 13.6. The van der Waals surface area contributed by atoms with E-state index in [0.717, 1.165) is 45.1 Å². The summed E-state index contributed by atoms with van der Waals surface area (Å²) in [7, 11) is 1.77. The molecule has 0 aromatic rings. The van der Waals surface area contributed by atoms with Gasteiger partial charge in [0, 0.05) is 31.8 Å². The summed E-state index contributed by atoms with van der Waals surface area (Å²) in [6, 6.07) is -1.53. The first-order chi connectivity index (χ1) is 23.6. The summed E-state index contributed by atoms with van der Waals surface area (Å²) in [5, 5.41) is 6.25. The molecule has 0 bridgehead atoms. The molecule has 2 N–H and O–H groups in total. The molecule has 4 amide bonds. The summed E-state index contributed by atoms with van der Waals surface area (Å²) in [5.41, 5.74) is 0.0159. The highest BCUT2D eigenvalue weighted by atomic mass is 16.2. The summed E-state index contributed by atoms with van der Waals surface area (Å²) >= 11 is 0. The lowest BCUT2D eigenvalue weighted by atomic mass is 9.84. The van der Waals surface area contributed by atoms with E-state index in [9.17, 15) is 19.2 Å². The van der Waals surface area contributed by atoms with Crippen molar-refractivity contribution in [2.75, 3.05) is 26.7 Å². The lowest BCUT2D eigenvalue weighted by Crippen LogP contribution is -2.60. The fourth-order valence-electron chi connectivity index (χ4n) is 7.62. The lowest BCUT2D eigenvalue weighted by molar-refractivity contribution is -0.142. The smallest absolute Gasteiger partial charge is 0.249 e. The van der Waals surface area contributed by atoms with Gasteiger partial charge in [0.25, 0.3) is 0 Å². The summed E-state index contributed by atoms with van der Waals surface area (Å²) in [6.45, 7) is 20.4. The van der Waals surface area contributed by atoms with Gasteiger partial charge in [-0.15, -0.1) is 0 Å². The summed E-state index contributed by atoms with van der Waals surface area (Å²) < 4.78 is 0. The lowest BCUT2D eigenvalue weighted by Gasteiger charge is -2.41. The zero-order valence-electron chi connectivity index (χ0n) is 33.7. The Morgan fingerprint density at radius 3 is 1.94 bits per heavy atom. The van der Waals surface area contributed by atoms with Crippen LogP contribution in [0.15, 0.2) is 11.6 Å². The molecule has 0 aromatic heterocycles. The van der Waals surface area contributed by atoms with Gasteiger partial charge in [0.15, 0.2) is 0 Å². The molecular formula is C41H75N5O4. The number of carbonyl (C=O) groups is 4. The van der Waals surface area contributed by atoms with Crippen LogP contribution in [0.2, 0.25) is 0 Å². The third-order valence-corrected chi connectivity index (χ3v) is 10.8. The number of likely N-dealkylation sites (N-methyl/N-ethyl adjacent to an activating group) is 1. The molecule has 3 unspecified atom stereocenters. The van der Waals surface area contributed by atoms with E-state index in [1.165, 1.54) is 51.4 Å². The number of likely N-dealkylation sites (tertiary alicyclic amines) is 2. The van der Waals surface area contributed by atoms with E-state index < -0.39 is 17.5 Å². The van der Waals surface area contributed by atoms with E-state index in [1.54, 1.807) is 23.8 Å². The zero-order chi connectivity index (χ0) is 37.4. The Bertz CT molecular complexity index is 1100. The van der Waals surface area contributed by atoms with Crippen LogP contribution in [-0.4, -0.2) is 95.2 Å². The molecule has 2 rings (SSSR count). The molecule has 2 aliphatic heterocycles. The highest BCUT2D eigenvalue weighted by molar-refractivity contribution is 5.97. The number of hydrogen-bond acceptors (Lipinski definition) is 5. The van der Waals surface area contributed by atoms with E-state index >= 15 is 0 Å². The van der Waals surface area contributed by atoms with Crippen LogP contribution in [0.3, 0.4) is 0 Å². The Hall–Kier alpha value is -2.42. The summed E-state index contributed by atoms with van der Waals surface area (Å²) in [6.07, 6.45) is 18.7. The number of rotatable bonds is 20. The zero-order valence-corrected chi connectivity index (χ0v) is 33.7. The van der Waals surface area contributed by atoms with Gasteiger partial charge in [0.2, 0.25) is 23.6 Å². The van der Waals surface area contributed by atoms with Gasteiger partial charge in [-0.2, -0.15) is 0 Å². The number of carbonyl (C=O) groups excluding carboxylic acids is 4. The molecule has 288 valence electrons. The van der Waals surface area contributed by atoms with Crippen molar-refractivity contribution in [3.8, 4) is 0 Å². The number of hydrogen-bond donors (Lipinski definition) is 2. The predicted octanol–water partition coefficient (Wildman–Crippen LogP) is 7.24. The van der Waals surface area contributed by atoms with E-state index in [0.29, 0.717) is 25.1 Å². The Labute approximate surface area is 306 Å². The summed E-state index contributed by atoms with van der Waals surface area (Å²) in [5.74, 6) is -0.450. The molecule has 2 aliphatic rings. The SMILES string of the molecule is CCCCCCCCCCCCNC(=O)C1CCCN1C(=O)/C(C)=C/[C@H](C(C)C)N(C)C(=O)C(NC(=O)C1CCCCN1C(C)C)C(C)(C)C. The minimum absolute atomic E-state index is 0.0246. The van der Waals surface area contributed by atoms with Crippen LogP contribution in [0.1, 0.15) is 159 Å². The molecule has 2 heterocycles. The van der Waals surface area contributed by atoms with Gasteiger partial charge in [0.1, 0.15) is 12.1 Å². The van der Waals surface area contributed by atoms with Gasteiger partial charge in [-0.05, 0) is 70.8 Å². The van der Waals surface area contributed by atoms with E-state index in [-0.39, 0.29) is 47.7 Å². The van der Waals surface area contributed by atoms with Crippen LogP contribution < -0.4 is 10.6 Å². The van der Waals surface area contributed by atoms with Crippen LogP contribution in [0, 0.1) is 11.3 Å². The monoisotopic (exact) mass is 702 g/mol. The first kappa shape index (κ1) is 43.7. The van der Waals surface area contributed by atoms with Crippen LogP contribution >= 0.6 is 0 Å². The molecule has 0 spiro atoms. The molecule has 2 fully saturated rings. The second-order valence-corrected chi connectivity index (χ2v) is 16.8. The summed E-state index contributed by atoms with van der Waals surface area (Å²) in [4.78, 5) is 60.5. The number of nitrogens with one attached hydrogen (secondary N) is 2.